The number of amides is 1. The minimum atomic E-state index is -0.479. The molecule has 0 saturated heterocycles. The number of rotatable bonds is 6. The first-order chi connectivity index (χ1) is 12.4. The van der Waals surface area contributed by atoms with Crippen LogP contribution in [0.5, 0.6) is 5.75 Å². The number of aliphatic hydroxyl groups is 1. The Morgan fingerprint density at radius 3 is 2.77 bits per heavy atom. The number of ether oxygens (including phenoxy) is 1. The van der Waals surface area contributed by atoms with Gasteiger partial charge in [-0.25, -0.2) is 4.99 Å². The van der Waals surface area contributed by atoms with Gasteiger partial charge < -0.3 is 14.7 Å². The van der Waals surface area contributed by atoms with E-state index in [1.807, 2.05) is 44.0 Å². The first kappa shape index (κ1) is 18.7. The number of benzene rings is 1. The molecule has 0 radical (unpaired) electrons. The summed E-state index contributed by atoms with van der Waals surface area (Å²) in [6.45, 7) is 4.40. The standard InChI is InChI=1S/C21H30N2O3/c1-21(2)17-14-16(11-12-18(17)22-20(21)25)26-13-7-10-19(24)23(3)15-8-5-4-6-9-15/h11-12,14-15H,4-10,13H2,1-3H3,(H,22,25). The van der Waals surface area contributed by atoms with Crippen molar-refractivity contribution in [2.75, 3.05) is 13.7 Å². The Bertz CT molecular complexity index is 690. The number of carbonyl (C=O) groups excluding carboxylic acids is 1. The van der Waals surface area contributed by atoms with Crippen molar-refractivity contribution in [3.63, 3.8) is 0 Å². The molecule has 1 heterocycles. The van der Waals surface area contributed by atoms with Crippen molar-refractivity contribution in [3.05, 3.63) is 23.8 Å². The van der Waals surface area contributed by atoms with Gasteiger partial charge in [-0.3, -0.25) is 4.79 Å². The van der Waals surface area contributed by atoms with E-state index in [-0.39, 0.29) is 11.8 Å². The molecule has 3 rings (SSSR count). The molecule has 1 fully saturated rings. The van der Waals surface area contributed by atoms with Crippen LogP contribution in [0.3, 0.4) is 0 Å². The van der Waals surface area contributed by atoms with Gasteiger partial charge in [0.25, 0.3) is 0 Å². The zero-order valence-corrected chi connectivity index (χ0v) is 16.1. The lowest BCUT2D eigenvalue weighted by atomic mass is 9.85. The molecular formula is C21H30N2O3. The summed E-state index contributed by atoms with van der Waals surface area (Å²) < 4.78 is 5.83. The Morgan fingerprint density at radius 2 is 2.04 bits per heavy atom. The summed E-state index contributed by atoms with van der Waals surface area (Å²) in [5, 5.41) is 9.97. The van der Waals surface area contributed by atoms with Gasteiger partial charge in [0.15, 0.2) is 5.90 Å². The first-order valence-corrected chi connectivity index (χ1v) is 9.70. The summed E-state index contributed by atoms with van der Waals surface area (Å²) >= 11 is 0. The van der Waals surface area contributed by atoms with Gasteiger partial charge in [-0.05, 0) is 56.9 Å². The Balaban J connectivity index is 1.46. The maximum absolute atomic E-state index is 12.4. The molecule has 2 aliphatic rings. The fraction of sp³-hybridized carbons (Fsp3) is 0.619. The molecule has 1 N–H and O–H groups in total. The molecule has 0 spiro atoms. The third-order valence-corrected chi connectivity index (χ3v) is 5.75. The topological polar surface area (TPSA) is 62.1 Å². The molecule has 1 saturated carbocycles. The van der Waals surface area contributed by atoms with E-state index < -0.39 is 5.41 Å². The fourth-order valence-corrected chi connectivity index (χ4v) is 3.84. The number of carbonyl (C=O) groups is 1. The van der Waals surface area contributed by atoms with Gasteiger partial charge in [0.2, 0.25) is 5.91 Å². The zero-order chi connectivity index (χ0) is 18.7. The Hall–Kier alpha value is -2.04. The highest BCUT2D eigenvalue weighted by molar-refractivity contribution is 5.94. The van der Waals surface area contributed by atoms with Crippen LogP contribution >= 0.6 is 0 Å². The van der Waals surface area contributed by atoms with E-state index in [1.54, 1.807) is 0 Å². The second-order valence-corrected chi connectivity index (χ2v) is 7.99. The number of fused-ring (bicyclic) bond motifs is 1. The molecule has 1 aromatic carbocycles. The van der Waals surface area contributed by atoms with E-state index in [0.717, 1.165) is 29.8 Å². The Morgan fingerprint density at radius 1 is 1.31 bits per heavy atom. The zero-order valence-electron chi connectivity index (χ0n) is 16.1. The molecule has 1 aromatic rings. The van der Waals surface area contributed by atoms with Gasteiger partial charge in [-0.15, -0.1) is 0 Å². The van der Waals surface area contributed by atoms with Crippen LogP contribution in [0.25, 0.3) is 0 Å². The molecule has 142 valence electrons. The number of aliphatic imine (C=N–C) groups is 1. The van der Waals surface area contributed by atoms with Crippen LogP contribution in [0.2, 0.25) is 0 Å². The average molecular weight is 358 g/mol. The molecular weight excluding hydrogens is 328 g/mol. The summed E-state index contributed by atoms with van der Waals surface area (Å²) in [6.07, 6.45) is 7.27. The highest BCUT2D eigenvalue weighted by atomic mass is 16.5. The molecule has 1 aliphatic heterocycles. The fourth-order valence-electron chi connectivity index (χ4n) is 3.84. The molecule has 5 heteroatoms. The lowest BCUT2D eigenvalue weighted by Crippen LogP contribution is -2.38. The van der Waals surface area contributed by atoms with Crippen molar-refractivity contribution in [1.82, 2.24) is 4.90 Å². The van der Waals surface area contributed by atoms with Gasteiger partial charge in [0.1, 0.15) is 5.75 Å². The van der Waals surface area contributed by atoms with Gasteiger partial charge >= 0.3 is 0 Å². The molecule has 1 amide bonds. The van der Waals surface area contributed by atoms with Crippen molar-refractivity contribution in [3.8, 4) is 5.75 Å². The maximum Gasteiger partial charge on any atom is 0.222 e. The van der Waals surface area contributed by atoms with E-state index in [1.165, 1.54) is 19.3 Å². The highest BCUT2D eigenvalue weighted by Crippen LogP contribution is 2.40. The normalized spacial score (nSPS) is 19.0. The van der Waals surface area contributed by atoms with Crippen LogP contribution in [-0.4, -0.2) is 41.5 Å². The van der Waals surface area contributed by atoms with Crippen LogP contribution in [-0.2, 0) is 10.2 Å². The van der Waals surface area contributed by atoms with Crippen molar-refractivity contribution >= 4 is 17.5 Å². The summed E-state index contributed by atoms with van der Waals surface area (Å²) in [6, 6.07) is 6.10. The van der Waals surface area contributed by atoms with Gasteiger partial charge in [-0.2, -0.15) is 0 Å². The third-order valence-electron chi connectivity index (χ3n) is 5.75. The molecule has 5 nitrogen and oxygen atoms in total. The predicted molar refractivity (Wildman–Crippen MR) is 104 cm³/mol. The van der Waals surface area contributed by atoms with E-state index in [4.69, 9.17) is 4.74 Å². The van der Waals surface area contributed by atoms with Crippen molar-refractivity contribution in [1.29, 1.82) is 0 Å². The summed E-state index contributed by atoms with van der Waals surface area (Å²) in [5.74, 6) is 1.12. The molecule has 0 bridgehead atoms. The molecule has 0 aromatic heterocycles. The van der Waals surface area contributed by atoms with Crippen LogP contribution in [0, 0.1) is 0 Å². The SMILES string of the molecule is CN(C(=O)CCCOc1ccc2c(c1)C(C)(C)C(O)=N2)C1CCCCC1. The van der Waals surface area contributed by atoms with Crippen molar-refractivity contribution < 1.29 is 14.6 Å². The Kier molecular flexibility index (Phi) is 5.54. The lowest BCUT2D eigenvalue weighted by Gasteiger charge is -2.31. The van der Waals surface area contributed by atoms with Gasteiger partial charge in [-0.1, -0.05) is 19.3 Å². The summed E-state index contributed by atoms with van der Waals surface area (Å²) in [5.41, 5.74) is 1.29. The van der Waals surface area contributed by atoms with E-state index in [0.29, 0.717) is 25.5 Å². The van der Waals surface area contributed by atoms with Crippen molar-refractivity contribution in [2.24, 2.45) is 4.99 Å². The number of aliphatic hydroxyl groups excluding tert-OH is 1. The lowest BCUT2D eigenvalue weighted by molar-refractivity contribution is -0.132. The van der Waals surface area contributed by atoms with Gasteiger partial charge in [0.05, 0.1) is 17.7 Å². The van der Waals surface area contributed by atoms with Crippen molar-refractivity contribution in [2.45, 2.75) is 70.3 Å². The quantitative estimate of drug-likeness (QED) is 0.761. The average Bonchev–Trinajstić information content (AvgIpc) is 2.87. The maximum atomic E-state index is 12.4. The molecule has 26 heavy (non-hydrogen) atoms. The van der Waals surface area contributed by atoms with Gasteiger partial charge in [0, 0.05) is 19.5 Å². The minimum absolute atomic E-state index is 0.140. The largest absolute Gasteiger partial charge is 0.496 e. The second-order valence-electron chi connectivity index (χ2n) is 7.99. The smallest absolute Gasteiger partial charge is 0.222 e. The molecule has 0 atom stereocenters. The van der Waals surface area contributed by atoms with Crippen LogP contribution in [0.4, 0.5) is 5.69 Å². The number of hydrogen-bond acceptors (Lipinski definition) is 3. The molecule has 0 unspecified atom stereocenters. The first-order valence-electron chi connectivity index (χ1n) is 9.70. The van der Waals surface area contributed by atoms with E-state index >= 15 is 0 Å². The summed E-state index contributed by atoms with van der Waals surface area (Å²) in [7, 11) is 1.94. The monoisotopic (exact) mass is 358 g/mol. The van der Waals surface area contributed by atoms with Crippen LogP contribution in [0.1, 0.15) is 64.4 Å². The summed E-state index contributed by atoms with van der Waals surface area (Å²) in [4.78, 5) is 18.5. The number of nitrogens with zero attached hydrogens (tertiary/aromatic N) is 2. The third kappa shape index (κ3) is 3.87. The highest BCUT2D eigenvalue weighted by Gasteiger charge is 2.35. The van der Waals surface area contributed by atoms with Crippen LogP contribution < -0.4 is 4.74 Å². The van der Waals surface area contributed by atoms with Crippen LogP contribution in [0.15, 0.2) is 23.2 Å². The van der Waals surface area contributed by atoms with E-state index in [2.05, 4.69) is 4.99 Å². The number of hydrogen-bond donors (Lipinski definition) is 1. The Labute approximate surface area is 156 Å². The molecule has 1 aliphatic carbocycles. The second kappa shape index (κ2) is 7.68. The minimum Gasteiger partial charge on any atom is -0.496 e. The predicted octanol–water partition coefficient (Wildman–Crippen LogP) is 4.52. The van der Waals surface area contributed by atoms with E-state index in [9.17, 15) is 9.90 Å².